The van der Waals surface area contributed by atoms with Crippen molar-refractivity contribution >= 4 is 23.1 Å². The van der Waals surface area contributed by atoms with E-state index in [-0.39, 0.29) is 5.41 Å². The minimum atomic E-state index is -0.0153. The van der Waals surface area contributed by atoms with E-state index < -0.39 is 0 Å². The summed E-state index contributed by atoms with van der Waals surface area (Å²) in [4.78, 5) is 4.46. The number of nitrogens with zero attached hydrogens (tertiary/aromatic N) is 4. The molecule has 3 aromatic rings. The lowest BCUT2D eigenvalue weighted by atomic mass is 9.86. The number of hydrogen-bond donors (Lipinski definition) is 2. The molecule has 2 N–H and O–H groups in total. The normalized spacial score (nSPS) is 10.8. The van der Waals surface area contributed by atoms with E-state index in [1.165, 1.54) is 6.20 Å². The monoisotopic (exact) mass is 344 g/mol. The van der Waals surface area contributed by atoms with Gasteiger partial charge in [-0.25, -0.2) is 0 Å². The first-order chi connectivity index (χ1) is 12.5. The van der Waals surface area contributed by atoms with Gasteiger partial charge in [0.15, 0.2) is 5.82 Å². The Hall–Kier alpha value is -3.46. The molecule has 0 saturated heterocycles. The van der Waals surface area contributed by atoms with Gasteiger partial charge in [-0.3, -0.25) is 0 Å². The van der Waals surface area contributed by atoms with E-state index in [9.17, 15) is 5.26 Å². The van der Waals surface area contributed by atoms with E-state index in [1.807, 2.05) is 36.4 Å². The smallest absolute Gasteiger partial charge is 0.249 e. The van der Waals surface area contributed by atoms with Crippen LogP contribution in [0.2, 0.25) is 0 Å². The molecule has 0 radical (unpaired) electrons. The van der Waals surface area contributed by atoms with Crippen molar-refractivity contribution in [1.29, 1.82) is 5.26 Å². The summed E-state index contributed by atoms with van der Waals surface area (Å²) in [7, 11) is 0. The summed E-state index contributed by atoms with van der Waals surface area (Å²) in [5.74, 6) is 0.902. The van der Waals surface area contributed by atoms with Gasteiger partial charge in [0.05, 0.1) is 17.4 Å². The predicted molar refractivity (Wildman–Crippen MR) is 103 cm³/mol. The third kappa shape index (κ3) is 3.95. The summed E-state index contributed by atoms with van der Waals surface area (Å²) in [5, 5.41) is 23.6. The number of benzene rings is 2. The van der Waals surface area contributed by atoms with Crippen LogP contribution in [0.25, 0.3) is 0 Å². The highest BCUT2D eigenvalue weighted by Crippen LogP contribution is 2.30. The fourth-order valence-corrected chi connectivity index (χ4v) is 2.61. The molecule has 0 fully saturated rings. The Balaban J connectivity index is 1.86. The fourth-order valence-electron chi connectivity index (χ4n) is 2.61. The first kappa shape index (κ1) is 17.4. The topological polar surface area (TPSA) is 86.5 Å². The van der Waals surface area contributed by atoms with E-state index in [0.29, 0.717) is 23.0 Å². The molecule has 6 nitrogen and oxygen atoms in total. The van der Waals surface area contributed by atoms with Crippen LogP contribution < -0.4 is 10.6 Å². The van der Waals surface area contributed by atoms with Crippen LogP contribution in [0.5, 0.6) is 0 Å². The van der Waals surface area contributed by atoms with Gasteiger partial charge in [0.1, 0.15) is 6.07 Å². The van der Waals surface area contributed by atoms with Crippen LogP contribution >= 0.6 is 0 Å². The fraction of sp³-hybridized carbons (Fsp3) is 0.200. The molecule has 0 aliphatic rings. The highest BCUT2D eigenvalue weighted by atomic mass is 15.3. The number of nitrogens with one attached hydrogen (secondary N) is 2. The van der Waals surface area contributed by atoms with Crippen LogP contribution in [0.1, 0.15) is 31.9 Å². The molecular formula is C20H20N6. The van der Waals surface area contributed by atoms with Gasteiger partial charge in [0.25, 0.3) is 0 Å². The third-order valence-corrected chi connectivity index (χ3v) is 3.85. The zero-order valence-corrected chi connectivity index (χ0v) is 15.0. The molecule has 0 spiro atoms. The third-order valence-electron chi connectivity index (χ3n) is 3.85. The van der Waals surface area contributed by atoms with Crippen molar-refractivity contribution in [2.45, 2.75) is 26.2 Å². The Bertz CT molecular complexity index is 953. The zero-order chi connectivity index (χ0) is 18.6. The molecule has 0 unspecified atom stereocenters. The number of para-hydroxylation sites is 2. The minimum Gasteiger partial charge on any atom is -0.338 e. The molecule has 26 heavy (non-hydrogen) atoms. The Morgan fingerprint density at radius 3 is 2.35 bits per heavy atom. The summed E-state index contributed by atoms with van der Waals surface area (Å²) in [6.07, 6.45) is 1.52. The Kier molecular flexibility index (Phi) is 4.81. The van der Waals surface area contributed by atoms with Crippen LogP contribution in [-0.4, -0.2) is 15.2 Å². The molecule has 2 aromatic carbocycles. The van der Waals surface area contributed by atoms with Crippen LogP contribution in [0.3, 0.4) is 0 Å². The largest absolute Gasteiger partial charge is 0.338 e. The Labute approximate surface area is 152 Å². The zero-order valence-electron chi connectivity index (χ0n) is 15.0. The molecule has 0 aliphatic carbocycles. The molecule has 1 heterocycles. The molecular weight excluding hydrogens is 324 g/mol. The van der Waals surface area contributed by atoms with Crippen LogP contribution in [0, 0.1) is 11.3 Å². The maximum atomic E-state index is 9.20. The molecule has 130 valence electrons. The molecule has 0 atom stereocenters. The van der Waals surface area contributed by atoms with Gasteiger partial charge in [-0.05, 0) is 29.2 Å². The summed E-state index contributed by atoms with van der Waals surface area (Å²) in [5.41, 5.74) is 3.31. The molecule has 3 rings (SSSR count). The molecule has 0 saturated carbocycles. The van der Waals surface area contributed by atoms with Crippen molar-refractivity contribution < 1.29 is 0 Å². The van der Waals surface area contributed by atoms with Gasteiger partial charge in [-0.1, -0.05) is 51.1 Å². The number of hydrogen-bond acceptors (Lipinski definition) is 6. The lowest BCUT2D eigenvalue weighted by molar-refractivity contribution is 0.592. The van der Waals surface area contributed by atoms with E-state index in [2.05, 4.69) is 58.7 Å². The summed E-state index contributed by atoms with van der Waals surface area (Å²) in [6, 6.07) is 17.5. The Morgan fingerprint density at radius 1 is 0.923 bits per heavy atom. The number of rotatable bonds is 4. The van der Waals surface area contributed by atoms with E-state index >= 15 is 0 Å². The van der Waals surface area contributed by atoms with Crippen LogP contribution in [0.4, 0.5) is 23.1 Å². The predicted octanol–water partition coefficient (Wildman–Crippen LogP) is 4.53. The average molecular weight is 344 g/mol. The summed E-state index contributed by atoms with van der Waals surface area (Å²) >= 11 is 0. The highest BCUT2D eigenvalue weighted by Gasteiger charge is 2.18. The lowest BCUT2D eigenvalue weighted by Gasteiger charge is -2.22. The van der Waals surface area contributed by atoms with Crippen LogP contribution in [0.15, 0.2) is 54.7 Å². The second kappa shape index (κ2) is 7.19. The van der Waals surface area contributed by atoms with E-state index in [4.69, 9.17) is 0 Å². The second-order valence-corrected chi connectivity index (χ2v) is 6.87. The first-order valence-corrected chi connectivity index (χ1v) is 8.30. The first-order valence-electron chi connectivity index (χ1n) is 8.30. The van der Waals surface area contributed by atoms with Gasteiger partial charge in [0.2, 0.25) is 5.95 Å². The van der Waals surface area contributed by atoms with Gasteiger partial charge in [0, 0.05) is 5.69 Å². The second-order valence-electron chi connectivity index (χ2n) is 6.87. The van der Waals surface area contributed by atoms with Crippen molar-refractivity contribution in [3.05, 3.63) is 65.9 Å². The van der Waals surface area contributed by atoms with Gasteiger partial charge < -0.3 is 10.6 Å². The Morgan fingerprint density at radius 2 is 1.62 bits per heavy atom. The van der Waals surface area contributed by atoms with Gasteiger partial charge in [-0.2, -0.15) is 15.3 Å². The average Bonchev–Trinajstić information content (AvgIpc) is 2.62. The lowest BCUT2D eigenvalue weighted by Crippen LogP contribution is -2.14. The summed E-state index contributed by atoms with van der Waals surface area (Å²) in [6.45, 7) is 6.47. The van der Waals surface area contributed by atoms with Gasteiger partial charge in [-0.15, -0.1) is 5.10 Å². The molecule has 1 aromatic heterocycles. The maximum Gasteiger partial charge on any atom is 0.249 e. The van der Waals surface area contributed by atoms with E-state index in [0.717, 1.165) is 11.3 Å². The summed E-state index contributed by atoms with van der Waals surface area (Å²) < 4.78 is 0. The number of anilines is 4. The molecule has 0 aliphatic heterocycles. The van der Waals surface area contributed by atoms with E-state index in [1.54, 1.807) is 6.07 Å². The number of nitriles is 1. The van der Waals surface area contributed by atoms with Crippen molar-refractivity contribution in [2.24, 2.45) is 0 Å². The van der Waals surface area contributed by atoms with Crippen molar-refractivity contribution in [3.63, 3.8) is 0 Å². The molecule has 6 heteroatoms. The van der Waals surface area contributed by atoms with Crippen molar-refractivity contribution in [3.8, 4) is 6.07 Å². The molecule has 0 bridgehead atoms. The maximum absolute atomic E-state index is 9.20. The SMILES string of the molecule is CC(C)(C)c1ccccc1Nc1nncc(Nc2ccccc2C#N)n1. The number of aromatic nitrogens is 3. The van der Waals surface area contributed by atoms with Gasteiger partial charge >= 0.3 is 0 Å². The van der Waals surface area contributed by atoms with Crippen LogP contribution in [-0.2, 0) is 5.41 Å². The standard InChI is InChI=1S/C20H20N6/c1-20(2,3)15-9-5-7-11-17(15)24-19-25-18(13-22-26-19)23-16-10-6-4-8-14(16)12-21/h4-11,13H,1-3H3,(H2,23,24,25,26). The highest BCUT2D eigenvalue weighted by molar-refractivity contribution is 5.65. The minimum absolute atomic E-state index is 0.0153. The van der Waals surface area contributed by atoms with Crippen molar-refractivity contribution in [2.75, 3.05) is 10.6 Å². The van der Waals surface area contributed by atoms with Crippen molar-refractivity contribution in [1.82, 2.24) is 15.2 Å². The molecule has 0 amide bonds. The quantitative estimate of drug-likeness (QED) is 0.723.